The predicted molar refractivity (Wildman–Crippen MR) is 144 cm³/mol. The molecule has 3 aromatic carbocycles. The number of allylic oxidation sites excluding steroid dienone is 2. The summed E-state index contributed by atoms with van der Waals surface area (Å²) in [5, 5.41) is 7.68. The largest absolute Gasteiger partial charge is 0.416 e. The van der Waals surface area contributed by atoms with Crippen LogP contribution in [0, 0.1) is 11.8 Å². The van der Waals surface area contributed by atoms with E-state index in [1.54, 1.807) is 42.5 Å². The summed E-state index contributed by atoms with van der Waals surface area (Å²) in [4.78, 5) is 40.4. The zero-order valence-electron chi connectivity index (χ0n) is 22.0. The smallest absolute Gasteiger partial charge is 0.274 e. The van der Waals surface area contributed by atoms with Crippen molar-refractivity contribution < 1.29 is 35.9 Å². The predicted octanol–water partition coefficient (Wildman–Crippen LogP) is 6.40. The molecule has 1 aliphatic carbocycles. The van der Waals surface area contributed by atoms with Crippen molar-refractivity contribution in [2.45, 2.75) is 31.1 Å². The van der Waals surface area contributed by atoms with Crippen LogP contribution < -0.4 is 10.5 Å². The third-order valence-corrected chi connectivity index (χ3v) is 7.91. The summed E-state index contributed by atoms with van der Waals surface area (Å²) in [6.07, 6.45) is -6.85. The van der Waals surface area contributed by atoms with Gasteiger partial charge in [-0.25, -0.2) is 5.10 Å². The molecule has 1 fully saturated rings. The van der Waals surface area contributed by atoms with Gasteiger partial charge < -0.3 is 0 Å². The zero-order valence-corrected chi connectivity index (χ0v) is 22.0. The maximum absolute atomic E-state index is 13.8. The van der Waals surface area contributed by atoms with Crippen LogP contribution in [0.3, 0.4) is 0 Å². The third kappa shape index (κ3) is 5.10. The van der Waals surface area contributed by atoms with Gasteiger partial charge in [0, 0.05) is 17.7 Å². The Bertz CT molecular complexity index is 1830. The first-order valence-corrected chi connectivity index (χ1v) is 13.2. The summed E-state index contributed by atoms with van der Waals surface area (Å²) >= 11 is 0. The van der Waals surface area contributed by atoms with Gasteiger partial charge in [-0.15, -0.1) is 0 Å². The van der Waals surface area contributed by atoms with Crippen LogP contribution in [0.2, 0.25) is 0 Å². The molecular weight excluding hydrogens is 576 g/mol. The van der Waals surface area contributed by atoms with Gasteiger partial charge in [-0.3, -0.25) is 19.3 Å². The van der Waals surface area contributed by atoms with E-state index in [0.29, 0.717) is 34.2 Å². The van der Waals surface area contributed by atoms with Crippen molar-refractivity contribution in [3.63, 3.8) is 0 Å². The van der Waals surface area contributed by atoms with Crippen molar-refractivity contribution >= 4 is 28.3 Å². The Labute approximate surface area is 239 Å². The molecule has 0 spiro atoms. The van der Waals surface area contributed by atoms with Crippen LogP contribution in [-0.4, -0.2) is 22.0 Å². The molecule has 0 radical (unpaired) electrons. The Balaban J connectivity index is 1.35. The number of halogens is 6. The van der Waals surface area contributed by atoms with Crippen molar-refractivity contribution in [2.24, 2.45) is 11.8 Å². The van der Waals surface area contributed by atoms with Gasteiger partial charge in [0.15, 0.2) is 0 Å². The van der Waals surface area contributed by atoms with Crippen molar-refractivity contribution in [2.75, 3.05) is 4.90 Å². The quantitative estimate of drug-likeness (QED) is 0.168. The fourth-order valence-corrected chi connectivity index (χ4v) is 5.94. The highest BCUT2D eigenvalue weighted by atomic mass is 19.4. The van der Waals surface area contributed by atoms with E-state index >= 15 is 0 Å². The summed E-state index contributed by atoms with van der Waals surface area (Å²) < 4.78 is 81.3. The van der Waals surface area contributed by atoms with Gasteiger partial charge in [0.2, 0.25) is 11.8 Å². The number of aromatic amines is 1. The zero-order chi connectivity index (χ0) is 30.7. The fraction of sp³-hybridized carbons (Fsp3) is 0.226. The third-order valence-electron chi connectivity index (χ3n) is 7.91. The molecule has 3 atom stereocenters. The second kappa shape index (κ2) is 10.2. The molecule has 2 amide bonds. The van der Waals surface area contributed by atoms with Crippen molar-refractivity contribution in [3.8, 4) is 0 Å². The molecule has 0 bridgehead atoms. The molecule has 1 aromatic heterocycles. The molecule has 12 heteroatoms. The number of carbonyl (C=O) groups is 2. The second-order valence-corrected chi connectivity index (χ2v) is 10.6. The minimum atomic E-state index is -5.05. The Kier molecular flexibility index (Phi) is 6.74. The number of aromatic nitrogens is 2. The Morgan fingerprint density at radius 1 is 0.814 bits per heavy atom. The van der Waals surface area contributed by atoms with Crippen LogP contribution in [-0.2, 0) is 28.4 Å². The SMILES string of the molecule is O=C1C2CC=CC(c3cc(C(F)(F)F)cc(C(F)(F)F)c3)C2C(=O)N1c1cccc(Cc2n[nH]c(=O)c3ccccc23)c1. The van der Waals surface area contributed by atoms with Crippen LogP contribution >= 0.6 is 0 Å². The molecule has 3 unspecified atom stereocenters. The minimum absolute atomic E-state index is 0.0351. The van der Waals surface area contributed by atoms with Crippen LogP contribution in [0.1, 0.15) is 40.3 Å². The number of imide groups is 1. The molecule has 1 N–H and O–H groups in total. The minimum Gasteiger partial charge on any atom is -0.274 e. The molecule has 43 heavy (non-hydrogen) atoms. The highest BCUT2D eigenvalue weighted by molar-refractivity contribution is 6.22. The van der Waals surface area contributed by atoms with Gasteiger partial charge >= 0.3 is 12.4 Å². The van der Waals surface area contributed by atoms with Crippen LogP contribution in [0.25, 0.3) is 10.8 Å². The molecule has 1 saturated heterocycles. The van der Waals surface area contributed by atoms with Gasteiger partial charge in [-0.05, 0) is 53.9 Å². The molecule has 0 saturated carbocycles. The number of alkyl halides is 6. The number of amides is 2. The standard InChI is InChI=1S/C31H21F6N3O3/c32-30(33,34)18-13-17(14-19(15-18)31(35,36)37)21-9-4-10-24-26(21)29(43)40(28(24)42)20-6-3-5-16(11-20)12-25-22-7-1-2-8-23(22)27(41)39-38-25/h1-9,11,13-15,21,24,26H,10,12H2,(H,39,41). The summed E-state index contributed by atoms with van der Waals surface area (Å²) in [6.45, 7) is 0. The van der Waals surface area contributed by atoms with Gasteiger partial charge in [-0.1, -0.05) is 42.5 Å². The summed E-state index contributed by atoms with van der Waals surface area (Å²) in [5.74, 6) is -4.61. The van der Waals surface area contributed by atoms with Crippen molar-refractivity contribution in [1.82, 2.24) is 10.2 Å². The molecule has 4 aromatic rings. The molecule has 2 heterocycles. The van der Waals surface area contributed by atoms with E-state index in [4.69, 9.17) is 0 Å². The number of rotatable bonds is 4. The fourth-order valence-electron chi connectivity index (χ4n) is 5.94. The normalized spacial score (nSPS) is 20.6. The van der Waals surface area contributed by atoms with Crippen molar-refractivity contribution in [1.29, 1.82) is 0 Å². The number of hydrogen-bond acceptors (Lipinski definition) is 4. The number of anilines is 1. The summed E-state index contributed by atoms with van der Waals surface area (Å²) in [6, 6.07) is 14.6. The number of nitrogens with zero attached hydrogens (tertiary/aromatic N) is 2. The lowest BCUT2D eigenvalue weighted by molar-refractivity contribution is -0.143. The molecule has 220 valence electrons. The van der Waals surface area contributed by atoms with Gasteiger partial charge in [0.25, 0.3) is 5.56 Å². The lowest BCUT2D eigenvalue weighted by atomic mass is 9.74. The molecule has 6 rings (SSSR count). The van der Waals surface area contributed by atoms with Crippen molar-refractivity contribution in [3.05, 3.63) is 117 Å². The first-order chi connectivity index (χ1) is 20.3. The van der Waals surface area contributed by atoms with E-state index in [0.717, 1.165) is 4.90 Å². The van der Waals surface area contributed by atoms with Gasteiger partial charge in [0.05, 0.1) is 39.7 Å². The van der Waals surface area contributed by atoms with Crippen LogP contribution in [0.5, 0.6) is 0 Å². The van der Waals surface area contributed by atoms with Gasteiger partial charge in [0.1, 0.15) is 0 Å². The maximum Gasteiger partial charge on any atom is 0.416 e. The average molecular weight is 598 g/mol. The first-order valence-electron chi connectivity index (χ1n) is 13.2. The molecule has 1 aliphatic heterocycles. The number of benzene rings is 3. The monoisotopic (exact) mass is 597 g/mol. The van der Waals surface area contributed by atoms with Crippen LogP contribution in [0.4, 0.5) is 32.0 Å². The molecule has 6 nitrogen and oxygen atoms in total. The van der Waals surface area contributed by atoms with E-state index in [9.17, 15) is 40.7 Å². The second-order valence-electron chi connectivity index (χ2n) is 10.6. The van der Waals surface area contributed by atoms with Gasteiger partial charge in [-0.2, -0.15) is 31.4 Å². The highest BCUT2D eigenvalue weighted by Crippen LogP contribution is 2.47. The summed E-state index contributed by atoms with van der Waals surface area (Å²) in [7, 11) is 0. The lowest BCUT2D eigenvalue weighted by Gasteiger charge is -2.27. The van der Waals surface area contributed by atoms with E-state index < -0.39 is 53.0 Å². The number of fused-ring (bicyclic) bond motifs is 2. The number of H-pyrrole nitrogens is 1. The van der Waals surface area contributed by atoms with Crippen LogP contribution in [0.15, 0.2) is 83.7 Å². The topological polar surface area (TPSA) is 83.1 Å². The van der Waals surface area contributed by atoms with E-state index in [-0.39, 0.29) is 35.7 Å². The van der Waals surface area contributed by atoms with E-state index in [1.807, 2.05) is 0 Å². The van der Waals surface area contributed by atoms with E-state index in [1.165, 1.54) is 18.2 Å². The average Bonchev–Trinajstić information content (AvgIpc) is 3.23. The number of hydrogen-bond donors (Lipinski definition) is 1. The Hall–Kier alpha value is -4.74. The molecular formula is C31H21F6N3O3. The lowest BCUT2D eigenvalue weighted by Crippen LogP contribution is -2.31. The Morgan fingerprint density at radius 2 is 1.49 bits per heavy atom. The number of carbonyl (C=O) groups excluding carboxylic acids is 2. The Morgan fingerprint density at radius 3 is 2.16 bits per heavy atom. The highest BCUT2D eigenvalue weighted by Gasteiger charge is 2.52. The van der Waals surface area contributed by atoms with E-state index in [2.05, 4.69) is 10.2 Å². The molecule has 2 aliphatic rings. The number of nitrogens with one attached hydrogen (secondary N) is 1. The maximum atomic E-state index is 13.8. The summed E-state index contributed by atoms with van der Waals surface area (Å²) in [5.41, 5.74) is -2.25. The first kappa shape index (κ1) is 28.4.